The Balaban J connectivity index is 1.77. The van der Waals surface area contributed by atoms with Gasteiger partial charge in [0.05, 0.1) is 12.7 Å². The van der Waals surface area contributed by atoms with E-state index in [1.807, 2.05) is 0 Å². The highest BCUT2D eigenvalue weighted by atomic mass is 35.5. The van der Waals surface area contributed by atoms with Crippen LogP contribution in [0.2, 0.25) is 10.0 Å². The molecule has 0 aromatic heterocycles. The van der Waals surface area contributed by atoms with Crippen molar-refractivity contribution in [3.8, 4) is 0 Å². The summed E-state index contributed by atoms with van der Waals surface area (Å²) in [5, 5.41) is 7.96. The fourth-order valence-electron chi connectivity index (χ4n) is 2.59. The largest absolute Gasteiger partial charge is 0.374 e. The molecule has 0 radical (unpaired) electrons. The maximum Gasteiger partial charge on any atom is 0.170 e. The van der Waals surface area contributed by atoms with Gasteiger partial charge >= 0.3 is 0 Å². The lowest BCUT2D eigenvalue weighted by Gasteiger charge is -2.34. The van der Waals surface area contributed by atoms with Gasteiger partial charge in [0.1, 0.15) is 0 Å². The monoisotopic (exact) mass is 375 g/mol. The number of ether oxygens (including phenoxy) is 1. The number of halogens is 2. The minimum atomic E-state index is 0.144. The minimum Gasteiger partial charge on any atom is -0.374 e. The van der Waals surface area contributed by atoms with Gasteiger partial charge in [-0.25, -0.2) is 0 Å². The summed E-state index contributed by atoms with van der Waals surface area (Å²) < 4.78 is 5.79. The van der Waals surface area contributed by atoms with Crippen LogP contribution in [0.4, 0.5) is 5.69 Å². The molecule has 0 unspecified atom stereocenters. The predicted molar refractivity (Wildman–Crippen MR) is 102 cm³/mol. The zero-order valence-electron chi connectivity index (χ0n) is 13.4. The summed E-state index contributed by atoms with van der Waals surface area (Å²) in [6.07, 6.45) is 0.144. The summed E-state index contributed by atoms with van der Waals surface area (Å²) in [5.41, 5.74) is 0.769. The molecule has 1 heterocycles. The van der Waals surface area contributed by atoms with Gasteiger partial charge in [-0.1, -0.05) is 37.0 Å². The number of hydrogen-bond donors (Lipinski definition) is 2. The van der Waals surface area contributed by atoms with Crippen molar-refractivity contribution in [3.05, 3.63) is 28.2 Å². The standard InChI is InChI=1S/C16H23Cl2N3OS/c1-11(2)9-21-3-4-22-15(10-21)8-19-16(23)20-14-6-12(17)5-13(18)7-14/h5-7,11,15H,3-4,8-10H2,1-2H3,(H2,19,20,23)/t15-/m1/s1. The SMILES string of the molecule is CC(C)CN1CCO[C@H](CNC(=S)Nc2cc(Cl)cc(Cl)c2)C1. The molecule has 1 aromatic carbocycles. The Morgan fingerprint density at radius 3 is 2.70 bits per heavy atom. The van der Waals surface area contributed by atoms with Crippen molar-refractivity contribution < 1.29 is 4.74 Å². The molecule has 1 aromatic rings. The molecule has 0 bridgehead atoms. The molecule has 1 aliphatic heterocycles. The molecule has 1 aliphatic rings. The van der Waals surface area contributed by atoms with E-state index in [1.54, 1.807) is 18.2 Å². The summed E-state index contributed by atoms with van der Waals surface area (Å²) in [4.78, 5) is 2.44. The van der Waals surface area contributed by atoms with Gasteiger partial charge in [0.2, 0.25) is 0 Å². The summed E-state index contributed by atoms with van der Waals surface area (Å²) in [6.45, 7) is 8.94. The number of benzene rings is 1. The quantitative estimate of drug-likeness (QED) is 0.768. The zero-order chi connectivity index (χ0) is 16.8. The van der Waals surface area contributed by atoms with Crippen molar-refractivity contribution in [3.63, 3.8) is 0 Å². The first-order chi connectivity index (χ1) is 10.9. The lowest BCUT2D eigenvalue weighted by molar-refractivity contribution is -0.0283. The fraction of sp³-hybridized carbons (Fsp3) is 0.562. The van der Waals surface area contributed by atoms with Crippen LogP contribution in [-0.4, -0.2) is 48.9 Å². The fourth-order valence-corrected chi connectivity index (χ4v) is 3.32. The molecule has 2 rings (SSSR count). The van der Waals surface area contributed by atoms with Gasteiger partial charge in [-0.3, -0.25) is 4.90 Å². The Morgan fingerprint density at radius 1 is 1.35 bits per heavy atom. The number of thiocarbonyl (C=S) groups is 1. The third kappa shape index (κ3) is 6.81. The first-order valence-corrected chi connectivity index (χ1v) is 8.93. The van der Waals surface area contributed by atoms with E-state index in [4.69, 9.17) is 40.2 Å². The van der Waals surface area contributed by atoms with Gasteiger partial charge in [-0.05, 0) is 36.3 Å². The molecule has 0 amide bonds. The molecular weight excluding hydrogens is 353 g/mol. The van der Waals surface area contributed by atoms with E-state index in [-0.39, 0.29) is 6.10 Å². The van der Waals surface area contributed by atoms with Crippen LogP contribution in [-0.2, 0) is 4.74 Å². The van der Waals surface area contributed by atoms with E-state index < -0.39 is 0 Å². The molecular formula is C16H23Cl2N3OS. The first kappa shape index (κ1) is 18.7. The Labute approximate surface area is 153 Å². The normalized spacial score (nSPS) is 18.9. The van der Waals surface area contributed by atoms with Gasteiger partial charge in [0.15, 0.2) is 5.11 Å². The summed E-state index contributed by atoms with van der Waals surface area (Å²) in [7, 11) is 0. The molecule has 4 nitrogen and oxygen atoms in total. The number of nitrogens with zero attached hydrogens (tertiary/aromatic N) is 1. The van der Waals surface area contributed by atoms with Crippen molar-refractivity contribution >= 4 is 46.2 Å². The van der Waals surface area contributed by atoms with Crippen LogP contribution in [0.1, 0.15) is 13.8 Å². The molecule has 2 N–H and O–H groups in total. The summed E-state index contributed by atoms with van der Waals surface area (Å²) >= 11 is 17.3. The number of hydrogen-bond acceptors (Lipinski definition) is 3. The van der Waals surface area contributed by atoms with Crippen molar-refractivity contribution in [1.82, 2.24) is 10.2 Å². The predicted octanol–water partition coefficient (Wildman–Crippen LogP) is 3.64. The van der Waals surface area contributed by atoms with Gasteiger partial charge in [-0.15, -0.1) is 0 Å². The van der Waals surface area contributed by atoms with Gasteiger partial charge in [0.25, 0.3) is 0 Å². The second-order valence-corrected chi connectivity index (χ2v) is 7.42. The molecule has 1 atom stereocenters. The first-order valence-electron chi connectivity index (χ1n) is 7.77. The van der Waals surface area contributed by atoms with Crippen LogP contribution in [0.5, 0.6) is 0 Å². The number of rotatable bonds is 5. The highest BCUT2D eigenvalue weighted by Crippen LogP contribution is 2.22. The van der Waals surface area contributed by atoms with Crippen LogP contribution < -0.4 is 10.6 Å². The van der Waals surface area contributed by atoms with Crippen LogP contribution in [0.3, 0.4) is 0 Å². The van der Waals surface area contributed by atoms with Crippen molar-refractivity contribution in [2.24, 2.45) is 5.92 Å². The van der Waals surface area contributed by atoms with Crippen LogP contribution in [0, 0.1) is 5.92 Å². The van der Waals surface area contributed by atoms with Gasteiger partial charge in [0, 0.05) is 41.9 Å². The van der Waals surface area contributed by atoms with E-state index in [9.17, 15) is 0 Å². The van der Waals surface area contributed by atoms with Gasteiger partial charge < -0.3 is 15.4 Å². The second kappa shape index (κ2) is 9.04. The second-order valence-electron chi connectivity index (χ2n) is 6.14. The molecule has 7 heteroatoms. The Kier molecular flexibility index (Phi) is 7.37. The maximum absolute atomic E-state index is 5.98. The molecule has 1 fully saturated rings. The highest BCUT2D eigenvalue weighted by molar-refractivity contribution is 7.80. The highest BCUT2D eigenvalue weighted by Gasteiger charge is 2.20. The average molecular weight is 376 g/mol. The number of anilines is 1. The molecule has 0 spiro atoms. The van der Waals surface area contributed by atoms with Crippen LogP contribution in [0.25, 0.3) is 0 Å². The Hall–Kier alpha value is -0.590. The lowest BCUT2D eigenvalue weighted by Crippen LogP contribution is -2.48. The number of nitrogens with one attached hydrogen (secondary N) is 2. The smallest absolute Gasteiger partial charge is 0.170 e. The summed E-state index contributed by atoms with van der Waals surface area (Å²) in [6, 6.07) is 5.25. The van der Waals surface area contributed by atoms with E-state index in [2.05, 4.69) is 29.4 Å². The van der Waals surface area contributed by atoms with Gasteiger partial charge in [-0.2, -0.15) is 0 Å². The maximum atomic E-state index is 5.98. The molecule has 0 aliphatic carbocycles. The van der Waals surface area contributed by atoms with Crippen molar-refractivity contribution in [2.75, 3.05) is 38.1 Å². The Morgan fingerprint density at radius 2 is 2.04 bits per heavy atom. The zero-order valence-corrected chi connectivity index (χ0v) is 15.8. The third-order valence-corrected chi connectivity index (χ3v) is 4.14. The Bertz CT molecular complexity index is 522. The van der Waals surface area contributed by atoms with E-state index in [0.717, 1.165) is 31.9 Å². The topological polar surface area (TPSA) is 36.5 Å². The summed E-state index contributed by atoms with van der Waals surface area (Å²) in [5.74, 6) is 0.664. The van der Waals surface area contributed by atoms with Crippen molar-refractivity contribution in [2.45, 2.75) is 20.0 Å². The average Bonchev–Trinajstić information content (AvgIpc) is 2.43. The van der Waals surface area contributed by atoms with E-state index >= 15 is 0 Å². The molecule has 128 valence electrons. The molecule has 1 saturated heterocycles. The van der Waals surface area contributed by atoms with Crippen LogP contribution >= 0.6 is 35.4 Å². The molecule has 23 heavy (non-hydrogen) atoms. The molecule has 0 saturated carbocycles. The van der Waals surface area contributed by atoms with E-state index in [0.29, 0.717) is 27.6 Å². The van der Waals surface area contributed by atoms with Crippen LogP contribution in [0.15, 0.2) is 18.2 Å². The minimum absolute atomic E-state index is 0.144. The van der Waals surface area contributed by atoms with E-state index in [1.165, 1.54) is 0 Å². The third-order valence-electron chi connectivity index (χ3n) is 3.46. The number of morpholine rings is 1. The lowest BCUT2D eigenvalue weighted by atomic mass is 10.2. The van der Waals surface area contributed by atoms with Crippen molar-refractivity contribution in [1.29, 1.82) is 0 Å².